The van der Waals surface area contributed by atoms with Crippen LogP contribution in [0.1, 0.15) is 18.9 Å². The van der Waals surface area contributed by atoms with Gasteiger partial charge in [-0.2, -0.15) is 0 Å². The highest BCUT2D eigenvalue weighted by atomic mass is 32.2. The highest BCUT2D eigenvalue weighted by Crippen LogP contribution is 2.38. The number of carbonyl (C=O) groups excluding carboxylic acids is 2. The van der Waals surface area contributed by atoms with Gasteiger partial charge in [0.1, 0.15) is 11.4 Å². The third-order valence-electron chi connectivity index (χ3n) is 4.27. The Labute approximate surface area is 150 Å². The first kappa shape index (κ1) is 17.5. The lowest BCUT2D eigenvalue weighted by Gasteiger charge is -2.27. The number of thioether (sulfide) groups is 1. The molecule has 25 heavy (non-hydrogen) atoms. The summed E-state index contributed by atoms with van der Waals surface area (Å²) in [6.07, 6.45) is -0.0517. The maximum absolute atomic E-state index is 12.7. The van der Waals surface area contributed by atoms with Gasteiger partial charge in [-0.1, -0.05) is 24.3 Å². The number of rotatable bonds is 5. The van der Waals surface area contributed by atoms with Gasteiger partial charge in [0, 0.05) is 11.3 Å². The summed E-state index contributed by atoms with van der Waals surface area (Å²) in [5.74, 6) is 0.0260. The molecule has 5 nitrogen and oxygen atoms in total. The number of aliphatic hydroxyl groups is 1. The van der Waals surface area contributed by atoms with Crippen LogP contribution < -0.4 is 10.1 Å². The molecule has 0 radical (unpaired) electrons. The number of hydrogen-bond donors (Lipinski definition) is 2. The van der Waals surface area contributed by atoms with Crippen molar-refractivity contribution in [3.63, 3.8) is 0 Å². The van der Waals surface area contributed by atoms with Gasteiger partial charge in [0.15, 0.2) is 5.78 Å². The fourth-order valence-corrected chi connectivity index (χ4v) is 3.78. The summed E-state index contributed by atoms with van der Waals surface area (Å²) >= 11 is 1.35. The van der Waals surface area contributed by atoms with Crippen LogP contribution in [0.4, 0.5) is 5.69 Å². The normalized spacial score (nSPS) is 18.7. The number of ether oxygens (including phenoxy) is 1. The molecule has 0 bridgehead atoms. The molecule has 0 saturated heterocycles. The van der Waals surface area contributed by atoms with Crippen molar-refractivity contribution in [3.8, 4) is 5.75 Å². The highest BCUT2D eigenvalue weighted by Gasteiger charge is 2.37. The molecular weight excluding hydrogens is 338 g/mol. The molecule has 130 valence electrons. The van der Waals surface area contributed by atoms with Gasteiger partial charge in [-0.3, -0.25) is 9.59 Å². The molecule has 2 aromatic carbocycles. The minimum absolute atomic E-state index is 0.0517. The maximum atomic E-state index is 12.7. The Morgan fingerprint density at radius 3 is 2.60 bits per heavy atom. The van der Waals surface area contributed by atoms with Gasteiger partial charge < -0.3 is 15.2 Å². The van der Waals surface area contributed by atoms with E-state index in [1.807, 2.05) is 24.3 Å². The van der Waals surface area contributed by atoms with Crippen LogP contribution in [0.15, 0.2) is 53.4 Å². The van der Waals surface area contributed by atoms with E-state index in [2.05, 4.69) is 5.32 Å². The maximum Gasteiger partial charge on any atom is 0.238 e. The first-order chi connectivity index (χ1) is 11.9. The number of benzene rings is 2. The van der Waals surface area contributed by atoms with E-state index in [4.69, 9.17) is 4.74 Å². The molecule has 0 spiro atoms. The first-order valence-electron chi connectivity index (χ1n) is 7.88. The minimum Gasteiger partial charge on any atom is -0.497 e. The Balaban J connectivity index is 1.75. The quantitative estimate of drug-likeness (QED) is 0.860. The second kappa shape index (κ2) is 6.90. The molecular formula is C19H19NO4S. The second-order valence-electron chi connectivity index (χ2n) is 6.02. The molecule has 0 fully saturated rings. The standard InChI is InChI=1S/C19H19NO4S/c1-19(23,12-7-9-13(24-2)10-8-12)17(21)11-16-18(22)20-14-5-3-4-6-15(14)25-16/h3-10,16,23H,11H2,1-2H3,(H,20,22)/t16-,19-/m1/s1. The number of anilines is 1. The number of fused-ring (bicyclic) bond motifs is 1. The van der Waals surface area contributed by atoms with Crippen LogP contribution in [-0.4, -0.2) is 29.2 Å². The van der Waals surface area contributed by atoms with Gasteiger partial charge >= 0.3 is 0 Å². The first-order valence-corrected chi connectivity index (χ1v) is 8.76. The van der Waals surface area contributed by atoms with Crippen LogP contribution in [0.3, 0.4) is 0 Å². The second-order valence-corrected chi connectivity index (χ2v) is 7.26. The van der Waals surface area contributed by atoms with Crippen LogP contribution in [0.5, 0.6) is 5.75 Å². The van der Waals surface area contributed by atoms with Crippen LogP contribution in [-0.2, 0) is 15.2 Å². The van der Waals surface area contributed by atoms with Crippen molar-refractivity contribution in [1.29, 1.82) is 0 Å². The fourth-order valence-electron chi connectivity index (χ4n) is 2.67. The molecule has 1 aliphatic rings. The molecule has 2 aromatic rings. The van der Waals surface area contributed by atoms with Gasteiger partial charge in [-0.15, -0.1) is 11.8 Å². The number of methoxy groups -OCH3 is 1. The molecule has 1 heterocycles. The van der Waals surface area contributed by atoms with Crippen molar-refractivity contribution in [2.75, 3.05) is 12.4 Å². The van der Waals surface area contributed by atoms with Gasteiger partial charge in [-0.25, -0.2) is 0 Å². The van der Waals surface area contributed by atoms with E-state index in [1.165, 1.54) is 18.7 Å². The summed E-state index contributed by atoms with van der Waals surface area (Å²) in [4.78, 5) is 25.8. The van der Waals surface area contributed by atoms with E-state index in [1.54, 1.807) is 31.4 Å². The summed E-state index contributed by atoms with van der Waals surface area (Å²) in [6.45, 7) is 1.45. The number of carbonyl (C=O) groups is 2. The highest BCUT2D eigenvalue weighted by molar-refractivity contribution is 8.01. The number of hydrogen-bond acceptors (Lipinski definition) is 5. The predicted molar refractivity (Wildman–Crippen MR) is 96.9 cm³/mol. The van der Waals surface area contributed by atoms with E-state index in [0.29, 0.717) is 11.3 Å². The number of nitrogens with one attached hydrogen (secondary N) is 1. The summed E-state index contributed by atoms with van der Waals surface area (Å²) in [5.41, 5.74) is -0.438. The zero-order valence-corrected chi connectivity index (χ0v) is 14.8. The minimum atomic E-state index is -1.66. The van der Waals surface area contributed by atoms with Gasteiger partial charge in [-0.05, 0) is 36.8 Å². The van der Waals surface area contributed by atoms with E-state index in [-0.39, 0.29) is 12.3 Å². The van der Waals surface area contributed by atoms with Crippen LogP contribution in [0.2, 0.25) is 0 Å². The van der Waals surface area contributed by atoms with Gasteiger partial charge in [0.2, 0.25) is 5.91 Å². The molecule has 3 rings (SSSR count). The Hall–Kier alpha value is -2.31. The molecule has 2 atom stereocenters. The fraction of sp³-hybridized carbons (Fsp3) is 0.263. The van der Waals surface area contributed by atoms with Crippen LogP contribution >= 0.6 is 11.8 Å². The zero-order valence-electron chi connectivity index (χ0n) is 14.0. The van der Waals surface area contributed by atoms with Crippen LogP contribution in [0.25, 0.3) is 0 Å². The topological polar surface area (TPSA) is 75.6 Å². The lowest BCUT2D eigenvalue weighted by Crippen LogP contribution is -2.38. The van der Waals surface area contributed by atoms with Crippen molar-refractivity contribution in [3.05, 3.63) is 54.1 Å². The van der Waals surface area contributed by atoms with Crippen molar-refractivity contribution in [2.45, 2.75) is 29.1 Å². The Kier molecular flexibility index (Phi) is 4.83. The lowest BCUT2D eigenvalue weighted by atomic mass is 9.89. The Morgan fingerprint density at radius 2 is 1.92 bits per heavy atom. The number of para-hydroxylation sites is 1. The van der Waals surface area contributed by atoms with E-state index < -0.39 is 16.6 Å². The SMILES string of the molecule is COc1ccc([C@@](C)(O)C(=O)C[C@H]2Sc3ccccc3NC2=O)cc1. The number of Topliss-reactive ketones (excluding diaryl/α,β-unsaturated/α-hetero) is 1. The van der Waals surface area contributed by atoms with Gasteiger partial charge in [0.25, 0.3) is 0 Å². The smallest absolute Gasteiger partial charge is 0.238 e. The van der Waals surface area contributed by atoms with Crippen molar-refractivity contribution >= 4 is 29.1 Å². The molecule has 6 heteroatoms. The number of amides is 1. The Morgan fingerprint density at radius 1 is 1.24 bits per heavy atom. The molecule has 0 saturated carbocycles. The van der Waals surface area contributed by atoms with E-state index in [9.17, 15) is 14.7 Å². The average molecular weight is 357 g/mol. The molecule has 0 aromatic heterocycles. The predicted octanol–water partition coefficient (Wildman–Crippen LogP) is 2.97. The number of ketones is 1. The summed E-state index contributed by atoms with van der Waals surface area (Å²) in [5, 5.41) is 12.9. The summed E-state index contributed by atoms with van der Waals surface area (Å²) in [6, 6.07) is 14.1. The van der Waals surface area contributed by atoms with E-state index in [0.717, 1.165) is 10.6 Å². The monoisotopic (exact) mass is 357 g/mol. The lowest BCUT2D eigenvalue weighted by molar-refractivity contribution is -0.137. The summed E-state index contributed by atoms with van der Waals surface area (Å²) in [7, 11) is 1.55. The largest absolute Gasteiger partial charge is 0.497 e. The third-order valence-corrected chi connectivity index (χ3v) is 5.55. The Bertz CT molecular complexity index is 801. The molecule has 0 aliphatic carbocycles. The molecule has 2 N–H and O–H groups in total. The summed E-state index contributed by atoms with van der Waals surface area (Å²) < 4.78 is 5.09. The van der Waals surface area contributed by atoms with Crippen molar-refractivity contribution in [1.82, 2.24) is 0 Å². The van der Waals surface area contributed by atoms with Gasteiger partial charge in [0.05, 0.1) is 18.0 Å². The molecule has 0 unspecified atom stereocenters. The van der Waals surface area contributed by atoms with Crippen molar-refractivity contribution < 1.29 is 19.4 Å². The van der Waals surface area contributed by atoms with Crippen molar-refractivity contribution in [2.24, 2.45) is 0 Å². The molecule has 1 aliphatic heterocycles. The zero-order chi connectivity index (χ0) is 18.0. The van der Waals surface area contributed by atoms with E-state index >= 15 is 0 Å². The van der Waals surface area contributed by atoms with Crippen LogP contribution in [0, 0.1) is 0 Å². The average Bonchev–Trinajstić information content (AvgIpc) is 2.62. The molecule has 1 amide bonds. The third kappa shape index (κ3) is 3.55.